The molecule has 1 saturated carbocycles. The molecular formula is C22H21F3N2O3. The maximum atomic E-state index is 12.6. The highest BCUT2D eigenvalue weighted by Crippen LogP contribution is 2.47. The highest BCUT2D eigenvalue weighted by molar-refractivity contribution is 5.94. The SMILES string of the molecule is O=C1CCc2cc(OCCNC(=O)C3CC3c3ccc(C(F)(F)F)cc3)ccc2N1. The van der Waals surface area contributed by atoms with Gasteiger partial charge in [-0.2, -0.15) is 13.2 Å². The molecule has 5 nitrogen and oxygen atoms in total. The van der Waals surface area contributed by atoms with Gasteiger partial charge < -0.3 is 15.4 Å². The van der Waals surface area contributed by atoms with E-state index >= 15 is 0 Å². The maximum absolute atomic E-state index is 12.6. The lowest BCUT2D eigenvalue weighted by molar-refractivity contribution is -0.137. The zero-order valence-electron chi connectivity index (χ0n) is 16.1. The van der Waals surface area contributed by atoms with Gasteiger partial charge in [0.05, 0.1) is 12.1 Å². The molecule has 2 atom stereocenters. The van der Waals surface area contributed by atoms with Gasteiger partial charge in [-0.3, -0.25) is 9.59 Å². The molecule has 0 bridgehead atoms. The summed E-state index contributed by atoms with van der Waals surface area (Å²) in [5, 5.41) is 5.63. The third kappa shape index (κ3) is 4.58. The number of anilines is 1. The number of aryl methyl sites for hydroxylation is 1. The van der Waals surface area contributed by atoms with Crippen LogP contribution < -0.4 is 15.4 Å². The molecule has 2 unspecified atom stereocenters. The van der Waals surface area contributed by atoms with E-state index in [1.54, 1.807) is 12.1 Å². The quantitative estimate of drug-likeness (QED) is 0.700. The van der Waals surface area contributed by atoms with E-state index in [2.05, 4.69) is 10.6 Å². The third-order valence-corrected chi connectivity index (χ3v) is 5.44. The number of amides is 2. The first-order valence-corrected chi connectivity index (χ1v) is 9.82. The van der Waals surface area contributed by atoms with E-state index in [9.17, 15) is 22.8 Å². The van der Waals surface area contributed by atoms with Crippen LogP contribution in [0.25, 0.3) is 0 Å². The Balaban J connectivity index is 1.21. The second-order valence-corrected chi connectivity index (χ2v) is 7.58. The van der Waals surface area contributed by atoms with Crippen LogP contribution in [-0.2, 0) is 22.2 Å². The van der Waals surface area contributed by atoms with Crippen LogP contribution in [0.5, 0.6) is 5.75 Å². The molecule has 1 aliphatic carbocycles. The molecule has 0 aromatic heterocycles. The Hall–Kier alpha value is -3.03. The predicted octanol–water partition coefficient (Wildman–Crippen LogP) is 3.89. The number of halogens is 3. The fourth-order valence-electron chi connectivity index (χ4n) is 3.70. The average Bonchev–Trinajstić information content (AvgIpc) is 3.51. The minimum absolute atomic E-state index is 0.00792. The second kappa shape index (κ2) is 8.01. The molecule has 4 rings (SSSR count). The van der Waals surface area contributed by atoms with Crippen molar-refractivity contribution in [2.24, 2.45) is 5.92 Å². The molecule has 0 radical (unpaired) electrons. The van der Waals surface area contributed by atoms with Crippen LogP contribution in [0.2, 0.25) is 0 Å². The van der Waals surface area contributed by atoms with E-state index in [-0.39, 0.29) is 23.7 Å². The molecule has 8 heteroatoms. The summed E-state index contributed by atoms with van der Waals surface area (Å²) in [6, 6.07) is 10.5. The van der Waals surface area contributed by atoms with E-state index in [0.29, 0.717) is 38.2 Å². The van der Waals surface area contributed by atoms with Crippen LogP contribution in [0, 0.1) is 5.92 Å². The van der Waals surface area contributed by atoms with Crippen molar-refractivity contribution in [3.63, 3.8) is 0 Å². The largest absolute Gasteiger partial charge is 0.492 e. The number of carbonyl (C=O) groups excluding carboxylic acids is 2. The van der Waals surface area contributed by atoms with Crippen molar-refractivity contribution in [2.45, 2.75) is 31.4 Å². The number of hydrogen-bond acceptors (Lipinski definition) is 3. The van der Waals surface area contributed by atoms with E-state index in [0.717, 1.165) is 28.9 Å². The first-order valence-electron chi connectivity index (χ1n) is 9.82. The topological polar surface area (TPSA) is 67.4 Å². The summed E-state index contributed by atoms with van der Waals surface area (Å²) >= 11 is 0. The summed E-state index contributed by atoms with van der Waals surface area (Å²) in [4.78, 5) is 23.6. The van der Waals surface area contributed by atoms with Gasteiger partial charge in [0.25, 0.3) is 0 Å². The minimum Gasteiger partial charge on any atom is -0.492 e. The number of rotatable bonds is 6. The zero-order valence-corrected chi connectivity index (χ0v) is 16.1. The van der Waals surface area contributed by atoms with Crippen LogP contribution >= 0.6 is 0 Å². The minimum atomic E-state index is -4.36. The highest BCUT2D eigenvalue weighted by Gasteiger charge is 2.44. The summed E-state index contributed by atoms with van der Waals surface area (Å²) in [5.74, 6) is 0.316. The number of ether oxygens (including phenoxy) is 1. The standard InChI is InChI=1S/C22H21F3N2O3/c23-22(24,25)15-4-1-13(2-5-15)17-12-18(17)21(29)26-9-10-30-16-6-7-19-14(11-16)3-8-20(28)27-19/h1-2,4-7,11,17-18H,3,8-10,12H2,(H,26,29)(H,27,28). The smallest absolute Gasteiger partial charge is 0.416 e. The van der Waals surface area contributed by atoms with E-state index in [1.165, 1.54) is 12.1 Å². The summed E-state index contributed by atoms with van der Waals surface area (Å²) in [5.41, 5.74) is 1.89. The van der Waals surface area contributed by atoms with Crippen molar-refractivity contribution in [1.29, 1.82) is 0 Å². The molecule has 2 aliphatic rings. The average molecular weight is 418 g/mol. The third-order valence-electron chi connectivity index (χ3n) is 5.44. The van der Waals surface area contributed by atoms with Crippen LogP contribution in [-0.4, -0.2) is 25.0 Å². The first kappa shape index (κ1) is 20.3. The second-order valence-electron chi connectivity index (χ2n) is 7.58. The Labute approximate surface area is 171 Å². The van der Waals surface area contributed by atoms with E-state index in [1.807, 2.05) is 6.07 Å². The fourth-order valence-corrected chi connectivity index (χ4v) is 3.70. The molecule has 2 aromatic rings. The van der Waals surface area contributed by atoms with Crippen molar-refractivity contribution in [3.05, 3.63) is 59.2 Å². The van der Waals surface area contributed by atoms with Gasteiger partial charge >= 0.3 is 6.18 Å². The monoisotopic (exact) mass is 418 g/mol. The molecule has 1 fully saturated rings. The molecule has 2 amide bonds. The lowest BCUT2D eigenvalue weighted by Gasteiger charge is -2.17. The lowest BCUT2D eigenvalue weighted by atomic mass is 10.0. The number of hydrogen-bond donors (Lipinski definition) is 2. The van der Waals surface area contributed by atoms with Gasteiger partial charge in [-0.05, 0) is 60.2 Å². The molecule has 2 N–H and O–H groups in total. The van der Waals surface area contributed by atoms with Crippen molar-refractivity contribution in [3.8, 4) is 5.75 Å². The zero-order chi connectivity index (χ0) is 21.3. The van der Waals surface area contributed by atoms with Crippen molar-refractivity contribution in [2.75, 3.05) is 18.5 Å². The molecule has 0 saturated heterocycles. The number of alkyl halides is 3. The van der Waals surface area contributed by atoms with Gasteiger partial charge in [0.15, 0.2) is 0 Å². The number of nitrogens with one attached hydrogen (secondary N) is 2. The number of carbonyl (C=O) groups is 2. The van der Waals surface area contributed by atoms with Gasteiger partial charge in [0.2, 0.25) is 11.8 Å². The molecule has 158 valence electrons. The summed E-state index contributed by atoms with van der Waals surface area (Å²) in [6.45, 7) is 0.636. The van der Waals surface area contributed by atoms with Crippen LogP contribution in [0.4, 0.5) is 18.9 Å². The molecule has 2 aromatic carbocycles. The van der Waals surface area contributed by atoms with Gasteiger partial charge in [-0.25, -0.2) is 0 Å². The molecule has 1 aliphatic heterocycles. The van der Waals surface area contributed by atoms with Crippen LogP contribution in [0.3, 0.4) is 0 Å². The maximum Gasteiger partial charge on any atom is 0.416 e. The lowest BCUT2D eigenvalue weighted by Crippen LogP contribution is -2.29. The van der Waals surface area contributed by atoms with Gasteiger partial charge in [0, 0.05) is 18.0 Å². The Morgan fingerprint density at radius 3 is 2.63 bits per heavy atom. The highest BCUT2D eigenvalue weighted by atomic mass is 19.4. The predicted molar refractivity (Wildman–Crippen MR) is 104 cm³/mol. The van der Waals surface area contributed by atoms with Gasteiger partial charge in [0.1, 0.15) is 12.4 Å². The molecular weight excluding hydrogens is 397 g/mol. The fraction of sp³-hybridized carbons (Fsp3) is 0.364. The van der Waals surface area contributed by atoms with Crippen LogP contribution in [0.15, 0.2) is 42.5 Å². The summed E-state index contributed by atoms with van der Waals surface area (Å²) < 4.78 is 43.6. The Bertz CT molecular complexity index is 957. The summed E-state index contributed by atoms with van der Waals surface area (Å²) in [7, 11) is 0. The number of benzene rings is 2. The van der Waals surface area contributed by atoms with Crippen molar-refractivity contribution >= 4 is 17.5 Å². The van der Waals surface area contributed by atoms with E-state index < -0.39 is 11.7 Å². The van der Waals surface area contributed by atoms with Gasteiger partial charge in [-0.1, -0.05) is 12.1 Å². The summed E-state index contributed by atoms with van der Waals surface area (Å²) in [6.07, 6.45) is -2.60. The van der Waals surface area contributed by atoms with Gasteiger partial charge in [-0.15, -0.1) is 0 Å². The molecule has 1 heterocycles. The Morgan fingerprint density at radius 2 is 1.90 bits per heavy atom. The van der Waals surface area contributed by atoms with Crippen molar-refractivity contribution in [1.82, 2.24) is 5.32 Å². The Morgan fingerprint density at radius 1 is 1.13 bits per heavy atom. The number of fused-ring (bicyclic) bond motifs is 1. The van der Waals surface area contributed by atoms with Crippen LogP contribution in [0.1, 0.15) is 35.4 Å². The van der Waals surface area contributed by atoms with Crippen molar-refractivity contribution < 1.29 is 27.5 Å². The Kier molecular flexibility index (Phi) is 5.40. The molecule has 0 spiro atoms. The normalized spacial score (nSPS) is 20.2. The van der Waals surface area contributed by atoms with E-state index in [4.69, 9.17) is 4.74 Å². The molecule has 30 heavy (non-hydrogen) atoms. The first-order chi connectivity index (χ1) is 14.3.